The largest absolute Gasteiger partial charge is 0.493 e. The lowest BCUT2D eigenvalue weighted by molar-refractivity contribution is 0.172. The van der Waals surface area contributed by atoms with Crippen molar-refractivity contribution in [2.75, 3.05) is 14.2 Å². The van der Waals surface area contributed by atoms with Crippen LogP contribution in [-0.4, -0.2) is 26.3 Å². The smallest absolute Gasteiger partial charge is 0.161 e. The van der Waals surface area contributed by atoms with Crippen molar-refractivity contribution < 1.29 is 9.47 Å². The van der Waals surface area contributed by atoms with Gasteiger partial charge in [-0.1, -0.05) is 13.0 Å². The minimum atomic E-state index is 0.261. The molecule has 0 spiro atoms. The van der Waals surface area contributed by atoms with Gasteiger partial charge in [0.15, 0.2) is 11.5 Å². The zero-order valence-corrected chi connectivity index (χ0v) is 11.5. The molecule has 100 valence electrons. The van der Waals surface area contributed by atoms with Crippen LogP contribution >= 0.6 is 0 Å². The van der Waals surface area contributed by atoms with Crippen molar-refractivity contribution in [2.45, 2.75) is 44.8 Å². The van der Waals surface area contributed by atoms with Crippen LogP contribution in [0, 0.1) is 0 Å². The Morgan fingerprint density at radius 1 is 1.28 bits per heavy atom. The zero-order valence-electron chi connectivity index (χ0n) is 11.5. The molecular formula is C15H23NO2. The summed E-state index contributed by atoms with van der Waals surface area (Å²) in [5, 5.41) is 3.33. The molecule has 0 heterocycles. The number of hydrogen-bond acceptors (Lipinski definition) is 3. The Morgan fingerprint density at radius 2 is 2.11 bits per heavy atom. The number of ether oxygens (including phenoxy) is 2. The average molecular weight is 249 g/mol. The third kappa shape index (κ3) is 2.78. The third-order valence-electron chi connectivity index (χ3n) is 3.74. The van der Waals surface area contributed by atoms with Crippen LogP contribution in [0.2, 0.25) is 0 Å². The van der Waals surface area contributed by atoms with Gasteiger partial charge in [-0.05, 0) is 50.4 Å². The van der Waals surface area contributed by atoms with E-state index in [1.54, 1.807) is 7.11 Å². The molecule has 0 amide bonds. The molecule has 18 heavy (non-hydrogen) atoms. The maximum atomic E-state index is 6.11. The lowest BCUT2D eigenvalue weighted by Crippen LogP contribution is -2.36. The first-order valence-corrected chi connectivity index (χ1v) is 6.79. The van der Waals surface area contributed by atoms with Gasteiger partial charge < -0.3 is 14.8 Å². The van der Waals surface area contributed by atoms with Crippen molar-refractivity contribution in [1.82, 2.24) is 5.32 Å². The summed E-state index contributed by atoms with van der Waals surface area (Å²) in [6, 6.07) is 6.67. The van der Waals surface area contributed by atoms with Gasteiger partial charge in [-0.3, -0.25) is 0 Å². The summed E-state index contributed by atoms with van der Waals surface area (Å²) in [4.78, 5) is 0. The topological polar surface area (TPSA) is 30.5 Å². The fraction of sp³-hybridized carbons (Fsp3) is 0.600. The molecule has 0 aromatic heterocycles. The minimum Gasteiger partial charge on any atom is -0.493 e. The molecule has 1 aliphatic carbocycles. The molecule has 0 saturated heterocycles. The SMILES string of the molecule is CCc1ccc(OC2CCCC2NC)c(OC)c1. The van der Waals surface area contributed by atoms with Crippen LogP contribution in [0.1, 0.15) is 31.7 Å². The maximum Gasteiger partial charge on any atom is 0.161 e. The lowest BCUT2D eigenvalue weighted by atomic mass is 10.1. The van der Waals surface area contributed by atoms with Gasteiger partial charge in [0.1, 0.15) is 6.10 Å². The predicted octanol–water partition coefficient (Wildman–Crippen LogP) is 2.78. The molecular weight excluding hydrogens is 226 g/mol. The second-order valence-corrected chi connectivity index (χ2v) is 4.82. The number of methoxy groups -OCH3 is 1. The summed E-state index contributed by atoms with van der Waals surface area (Å²) in [6.07, 6.45) is 4.81. The van der Waals surface area contributed by atoms with Gasteiger partial charge in [-0.2, -0.15) is 0 Å². The highest BCUT2D eigenvalue weighted by atomic mass is 16.5. The van der Waals surface area contributed by atoms with Crippen LogP contribution in [-0.2, 0) is 6.42 Å². The molecule has 1 aromatic carbocycles. The van der Waals surface area contributed by atoms with Gasteiger partial charge >= 0.3 is 0 Å². The fourth-order valence-electron chi connectivity index (χ4n) is 2.59. The van der Waals surface area contributed by atoms with Crippen molar-refractivity contribution in [3.63, 3.8) is 0 Å². The fourth-order valence-corrected chi connectivity index (χ4v) is 2.59. The number of aryl methyl sites for hydroxylation is 1. The first-order chi connectivity index (χ1) is 8.78. The Balaban J connectivity index is 2.13. The first kappa shape index (κ1) is 13.2. The minimum absolute atomic E-state index is 0.261. The highest BCUT2D eigenvalue weighted by Gasteiger charge is 2.28. The summed E-state index contributed by atoms with van der Waals surface area (Å²) in [5.74, 6) is 1.71. The summed E-state index contributed by atoms with van der Waals surface area (Å²) in [6.45, 7) is 2.14. The number of rotatable bonds is 5. The molecule has 0 bridgehead atoms. The van der Waals surface area contributed by atoms with E-state index in [1.807, 2.05) is 13.1 Å². The van der Waals surface area contributed by atoms with E-state index in [1.165, 1.54) is 18.4 Å². The zero-order chi connectivity index (χ0) is 13.0. The Kier molecular flexibility index (Phi) is 4.48. The molecule has 0 aliphatic heterocycles. The summed E-state index contributed by atoms with van der Waals surface area (Å²) >= 11 is 0. The molecule has 3 heteroatoms. The Bertz CT molecular complexity index is 392. The number of nitrogens with one attached hydrogen (secondary N) is 1. The van der Waals surface area contributed by atoms with Crippen LogP contribution in [0.5, 0.6) is 11.5 Å². The molecule has 1 aliphatic rings. The van der Waals surface area contributed by atoms with Crippen LogP contribution in [0.4, 0.5) is 0 Å². The van der Waals surface area contributed by atoms with E-state index in [0.717, 1.165) is 24.3 Å². The van der Waals surface area contributed by atoms with Crippen molar-refractivity contribution in [3.8, 4) is 11.5 Å². The quantitative estimate of drug-likeness (QED) is 0.870. The van der Waals surface area contributed by atoms with Gasteiger partial charge in [0.05, 0.1) is 7.11 Å². The van der Waals surface area contributed by atoms with Crippen LogP contribution in [0.3, 0.4) is 0 Å². The summed E-state index contributed by atoms with van der Waals surface area (Å²) in [5.41, 5.74) is 1.27. The third-order valence-corrected chi connectivity index (χ3v) is 3.74. The van der Waals surface area contributed by atoms with Gasteiger partial charge in [0.25, 0.3) is 0 Å². The van der Waals surface area contributed by atoms with Crippen molar-refractivity contribution >= 4 is 0 Å². The summed E-state index contributed by atoms with van der Waals surface area (Å²) in [7, 11) is 3.70. The lowest BCUT2D eigenvalue weighted by Gasteiger charge is -2.22. The predicted molar refractivity (Wildman–Crippen MR) is 73.5 cm³/mol. The molecule has 3 nitrogen and oxygen atoms in total. The van der Waals surface area contributed by atoms with E-state index in [9.17, 15) is 0 Å². The Labute approximate surface area is 109 Å². The van der Waals surface area contributed by atoms with Crippen molar-refractivity contribution in [2.24, 2.45) is 0 Å². The molecule has 1 N–H and O–H groups in total. The second-order valence-electron chi connectivity index (χ2n) is 4.82. The van der Waals surface area contributed by atoms with Gasteiger partial charge in [-0.25, -0.2) is 0 Å². The molecule has 2 unspecified atom stereocenters. The van der Waals surface area contributed by atoms with Crippen molar-refractivity contribution in [1.29, 1.82) is 0 Å². The standard InChI is InChI=1S/C15H23NO2/c1-4-11-8-9-14(15(10-11)17-3)18-13-7-5-6-12(13)16-2/h8-10,12-13,16H,4-7H2,1-3H3. The van der Waals surface area contributed by atoms with E-state index in [2.05, 4.69) is 24.4 Å². The molecule has 0 radical (unpaired) electrons. The van der Waals surface area contributed by atoms with E-state index in [-0.39, 0.29) is 6.10 Å². The van der Waals surface area contributed by atoms with Gasteiger partial charge in [-0.15, -0.1) is 0 Å². The highest BCUT2D eigenvalue weighted by Crippen LogP contribution is 2.32. The number of hydrogen-bond donors (Lipinski definition) is 1. The van der Waals surface area contributed by atoms with Gasteiger partial charge in [0, 0.05) is 6.04 Å². The highest BCUT2D eigenvalue weighted by molar-refractivity contribution is 5.43. The normalized spacial score (nSPS) is 23.1. The van der Waals surface area contributed by atoms with E-state index in [0.29, 0.717) is 6.04 Å². The second kappa shape index (κ2) is 6.10. The molecule has 1 saturated carbocycles. The Hall–Kier alpha value is -1.22. The first-order valence-electron chi connectivity index (χ1n) is 6.79. The van der Waals surface area contributed by atoms with Crippen molar-refractivity contribution in [3.05, 3.63) is 23.8 Å². The Morgan fingerprint density at radius 3 is 2.78 bits per heavy atom. The maximum absolute atomic E-state index is 6.11. The van der Waals surface area contributed by atoms with E-state index >= 15 is 0 Å². The summed E-state index contributed by atoms with van der Waals surface area (Å²) < 4.78 is 11.5. The molecule has 2 rings (SSSR count). The van der Waals surface area contributed by atoms with Gasteiger partial charge in [0.2, 0.25) is 0 Å². The molecule has 1 fully saturated rings. The van der Waals surface area contributed by atoms with E-state index in [4.69, 9.17) is 9.47 Å². The van der Waals surface area contributed by atoms with E-state index < -0.39 is 0 Å². The number of benzene rings is 1. The molecule has 1 aromatic rings. The number of likely N-dealkylation sites (N-methyl/N-ethyl adjacent to an activating group) is 1. The average Bonchev–Trinajstić information content (AvgIpc) is 2.86. The van der Waals surface area contributed by atoms with Crippen LogP contribution < -0.4 is 14.8 Å². The van der Waals surface area contributed by atoms with Crippen LogP contribution in [0.25, 0.3) is 0 Å². The van der Waals surface area contributed by atoms with Crippen LogP contribution in [0.15, 0.2) is 18.2 Å². The monoisotopic (exact) mass is 249 g/mol. The molecule has 2 atom stereocenters.